The first-order valence-electron chi connectivity index (χ1n) is 11.0. The zero-order valence-corrected chi connectivity index (χ0v) is 18.8. The second-order valence-electron chi connectivity index (χ2n) is 9.27. The van der Waals surface area contributed by atoms with Crippen molar-refractivity contribution in [1.29, 1.82) is 0 Å². The van der Waals surface area contributed by atoms with Gasteiger partial charge in [-0.05, 0) is 41.7 Å². The van der Waals surface area contributed by atoms with Crippen molar-refractivity contribution < 1.29 is 13.7 Å². The maximum Gasteiger partial charge on any atom is 0.253 e. The molecule has 32 heavy (non-hydrogen) atoms. The van der Waals surface area contributed by atoms with E-state index in [9.17, 15) is 9.18 Å². The molecule has 4 rings (SSSR count). The average Bonchev–Trinajstić information content (AvgIpc) is 3.11. The number of aromatic nitrogens is 2. The van der Waals surface area contributed by atoms with E-state index in [0.29, 0.717) is 36.9 Å². The van der Waals surface area contributed by atoms with Crippen LogP contribution in [0.25, 0.3) is 11.4 Å². The standard InChI is InChI=1S/C25H29FN4O2/c1-25(2,3)20-10-8-18(9-11-20)24(31)30-13-5-12-29(14-15-30)17-22-27-23(28-32-22)19-6-4-7-21(26)16-19/h4,6-11,16H,5,12-15,17H2,1-3H3. The fourth-order valence-electron chi connectivity index (χ4n) is 3.88. The van der Waals surface area contributed by atoms with Gasteiger partial charge in [0.2, 0.25) is 11.7 Å². The highest BCUT2D eigenvalue weighted by Crippen LogP contribution is 2.23. The van der Waals surface area contributed by atoms with Crippen LogP contribution < -0.4 is 0 Å². The molecule has 6 nitrogen and oxygen atoms in total. The van der Waals surface area contributed by atoms with E-state index < -0.39 is 0 Å². The van der Waals surface area contributed by atoms with Gasteiger partial charge in [0.1, 0.15) is 5.82 Å². The molecular formula is C25H29FN4O2. The third-order valence-corrected chi connectivity index (χ3v) is 5.78. The Hall–Kier alpha value is -3.06. The van der Waals surface area contributed by atoms with E-state index in [1.807, 2.05) is 29.2 Å². The van der Waals surface area contributed by atoms with Crippen molar-refractivity contribution in [1.82, 2.24) is 19.9 Å². The summed E-state index contributed by atoms with van der Waals surface area (Å²) in [5.41, 5.74) is 2.59. The fraction of sp³-hybridized carbons (Fsp3) is 0.400. The van der Waals surface area contributed by atoms with E-state index in [4.69, 9.17) is 4.52 Å². The fourth-order valence-corrected chi connectivity index (χ4v) is 3.88. The minimum atomic E-state index is -0.334. The molecule has 7 heteroatoms. The van der Waals surface area contributed by atoms with E-state index in [0.717, 1.165) is 25.1 Å². The molecule has 0 unspecified atom stereocenters. The number of hydrogen-bond acceptors (Lipinski definition) is 5. The van der Waals surface area contributed by atoms with Gasteiger partial charge in [0.25, 0.3) is 5.91 Å². The van der Waals surface area contributed by atoms with Gasteiger partial charge in [-0.15, -0.1) is 0 Å². The molecule has 1 aliphatic heterocycles. The normalized spacial score (nSPS) is 15.6. The molecule has 0 N–H and O–H groups in total. The lowest BCUT2D eigenvalue weighted by atomic mass is 9.86. The van der Waals surface area contributed by atoms with Crippen molar-refractivity contribution in [2.24, 2.45) is 0 Å². The summed E-state index contributed by atoms with van der Waals surface area (Å²) >= 11 is 0. The molecule has 1 amide bonds. The van der Waals surface area contributed by atoms with Crippen LogP contribution in [0.2, 0.25) is 0 Å². The van der Waals surface area contributed by atoms with E-state index in [2.05, 4.69) is 35.8 Å². The molecule has 1 aromatic heterocycles. The number of rotatable bonds is 4. The van der Waals surface area contributed by atoms with Crippen molar-refractivity contribution in [2.75, 3.05) is 26.2 Å². The molecule has 3 aromatic rings. The number of benzene rings is 2. The largest absolute Gasteiger partial charge is 0.338 e. The van der Waals surface area contributed by atoms with Crippen LogP contribution in [0, 0.1) is 5.82 Å². The molecular weight excluding hydrogens is 407 g/mol. The third kappa shape index (κ3) is 5.22. The Morgan fingerprint density at radius 2 is 1.84 bits per heavy atom. The SMILES string of the molecule is CC(C)(C)c1ccc(C(=O)N2CCCN(Cc3nc(-c4cccc(F)c4)no3)CC2)cc1. The summed E-state index contributed by atoms with van der Waals surface area (Å²) < 4.78 is 18.8. The van der Waals surface area contributed by atoms with Gasteiger partial charge < -0.3 is 9.42 Å². The van der Waals surface area contributed by atoms with Crippen molar-refractivity contribution >= 4 is 5.91 Å². The van der Waals surface area contributed by atoms with Crippen LogP contribution >= 0.6 is 0 Å². The topological polar surface area (TPSA) is 62.5 Å². The first kappa shape index (κ1) is 22.1. The van der Waals surface area contributed by atoms with Crippen LogP contribution in [0.1, 0.15) is 49.0 Å². The monoisotopic (exact) mass is 436 g/mol. The summed E-state index contributed by atoms with van der Waals surface area (Å²) in [4.78, 5) is 21.5. The summed E-state index contributed by atoms with van der Waals surface area (Å²) in [5.74, 6) is 0.601. The molecule has 0 spiro atoms. The maximum atomic E-state index is 13.4. The molecule has 0 atom stereocenters. The van der Waals surface area contributed by atoms with Crippen LogP contribution in [-0.4, -0.2) is 52.0 Å². The highest BCUT2D eigenvalue weighted by Gasteiger charge is 2.22. The van der Waals surface area contributed by atoms with E-state index >= 15 is 0 Å². The van der Waals surface area contributed by atoms with Crippen LogP contribution in [0.3, 0.4) is 0 Å². The lowest BCUT2D eigenvalue weighted by Gasteiger charge is -2.22. The lowest BCUT2D eigenvalue weighted by Crippen LogP contribution is -2.35. The van der Waals surface area contributed by atoms with Crippen molar-refractivity contribution in [3.63, 3.8) is 0 Å². The minimum Gasteiger partial charge on any atom is -0.338 e. The molecule has 1 fully saturated rings. The highest BCUT2D eigenvalue weighted by molar-refractivity contribution is 5.94. The van der Waals surface area contributed by atoms with Crippen molar-refractivity contribution in [3.05, 3.63) is 71.4 Å². The Morgan fingerprint density at radius 3 is 2.56 bits per heavy atom. The molecule has 2 heterocycles. The molecule has 0 saturated carbocycles. The summed E-state index contributed by atoms with van der Waals surface area (Å²) in [6.45, 7) is 9.92. The number of carbonyl (C=O) groups excluding carboxylic acids is 1. The van der Waals surface area contributed by atoms with Crippen molar-refractivity contribution in [2.45, 2.75) is 39.2 Å². The van der Waals surface area contributed by atoms with Gasteiger partial charge in [0.05, 0.1) is 6.54 Å². The minimum absolute atomic E-state index is 0.0635. The van der Waals surface area contributed by atoms with Gasteiger partial charge in [-0.25, -0.2) is 4.39 Å². The van der Waals surface area contributed by atoms with E-state index in [-0.39, 0.29) is 17.1 Å². The Bertz CT molecular complexity index is 1070. The first-order valence-corrected chi connectivity index (χ1v) is 11.0. The van der Waals surface area contributed by atoms with E-state index in [1.165, 1.54) is 17.7 Å². The lowest BCUT2D eigenvalue weighted by molar-refractivity contribution is 0.0760. The molecule has 1 aliphatic rings. The Balaban J connectivity index is 1.36. The third-order valence-electron chi connectivity index (χ3n) is 5.78. The number of carbonyl (C=O) groups is 1. The molecule has 0 bridgehead atoms. The summed E-state index contributed by atoms with van der Waals surface area (Å²) in [6, 6.07) is 14.1. The van der Waals surface area contributed by atoms with E-state index in [1.54, 1.807) is 12.1 Å². The zero-order chi connectivity index (χ0) is 22.7. The van der Waals surface area contributed by atoms with Gasteiger partial charge in [0.15, 0.2) is 0 Å². The van der Waals surface area contributed by atoms with Crippen LogP contribution in [0.4, 0.5) is 4.39 Å². The van der Waals surface area contributed by atoms with Gasteiger partial charge in [-0.3, -0.25) is 9.69 Å². The zero-order valence-electron chi connectivity index (χ0n) is 18.8. The number of halogens is 1. The van der Waals surface area contributed by atoms with Crippen LogP contribution in [-0.2, 0) is 12.0 Å². The average molecular weight is 437 g/mol. The maximum absolute atomic E-state index is 13.4. The van der Waals surface area contributed by atoms with Crippen LogP contribution in [0.15, 0.2) is 53.1 Å². The molecule has 1 saturated heterocycles. The number of nitrogens with zero attached hydrogens (tertiary/aromatic N) is 4. The highest BCUT2D eigenvalue weighted by atomic mass is 19.1. The summed E-state index contributed by atoms with van der Waals surface area (Å²) in [5, 5.41) is 3.98. The van der Waals surface area contributed by atoms with Gasteiger partial charge >= 0.3 is 0 Å². The smallest absolute Gasteiger partial charge is 0.253 e. The summed E-state index contributed by atoms with van der Waals surface area (Å²) in [6.07, 6.45) is 0.872. The van der Waals surface area contributed by atoms with Crippen LogP contribution in [0.5, 0.6) is 0 Å². The Morgan fingerprint density at radius 1 is 1.06 bits per heavy atom. The summed E-state index contributed by atoms with van der Waals surface area (Å²) in [7, 11) is 0. The van der Waals surface area contributed by atoms with Crippen molar-refractivity contribution in [3.8, 4) is 11.4 Å². The predicted octanol–water partition coefficient (Wildman–Crippen LogP) is 4.52. The molecule has 168 valence electrons. The number of hydrogen-bond donors (Lipinski definition) is 0. The van der Waals surface area contributed by atoms with Gasteiger partial charge in [0, 0.05) is 37.3 Å². The molecule has 0 aliphatic carbocycles. The van der Waals surface area contributed by atoms with Gasteiger partial charge in [-0.2, -0.15) is 4.98 Å². The number of amides is 1. The predicted molar refractivity (Wildman–Crippen MR) is 121 cm³/mol. The quantitative estimate of drug-likeness (QED) is 0.602. The Labute approximate surface area is 188 Å². The molecule has 0 radical (unpaired) electrons. The second-order valence-corrected chi connectivity index (χ2v) is 9.27. The molecule has 2 aromatic carbocycles. The van der Waals surface area contributed by atoms with Gasteiger partial charge in [-0.1, -0.05) is 50.2 Å². The first-order chi connectivity index (χ1) is 15.3. The Kier molecular flexibility index (Phi) is 6.37. The second kappa shape index (κ2) is 9.20.